The second-order valence-corrected chi connectivity index (χ2v) is 7.41. The molecule has 0 radical (unpaired) electrons. The molecule has 2 rings (SSSR count). The third kappa shape index (κ3) is 3.38. The number of alkyl halides is 1. The molecule has 0 bridgehead atoms. The minimum Gasteiger partial charge on any atom is -0.325 e. The van der Waals surface area contributed by atoms with Gasteiger partial charge in [0.15, 0.2) is 0 Å². The monoisotopic (exact) mass is 323 g/mol. The fourth-order valence-corrected chi connectivity index (χ4v) is 4.56. The first-order valence-corrected chi connectivity index (χ1v) is 8.99. The van der Waals surface area contributed by atoms with E-state index >= 15 is 0 Å². The van der Waals surface area contributed by atoms with Crippen LogP contribution in [0.5, 0.6) is 0 Å². The van der Waals surface area contributed by atoms with Gasteiger partial charge < -0.3 is 10.2 Å². The van der Waals surface area contributed by atoms with Gasteiger partial charge in [-0.2, -0.15) is 5.26 Å². The Kier molecular flexibility index (Phi) is 5.67. The Morgan fingerprint density at radius 2 is 2.13 bits per heavy atom. The lowest BCUT2D eigenvalue weighted by Crippen LogP contribution is -2.57. The van der Waals surface area contributed by atoms with Gasteiger partial charge in [0.1, 0.15) is 12.2 Å². The van der Waals surface area contributed by atoms with E-state index in [4.69, 9.17) is 0 Å². The predicted octanol–water partition coefficient (Wildman–Crippen LogP) is 3.18. The van der Waals surface area contributed by atoms with E-state index in [1.54, 1.807) is 4.90 Å². The van der Waals surface area contributed by atoms with Crippen molar-refractivity contribution in [2.24, 2.45) is 5.41 Å². The van der Waals surface area contributed by atoms with E-state index in [1.165, 1.54) is 12.8 Å². The Morgan fingerprint density at radius 3 is 2.74 bits per heavy atom. The number of rotatable bonds is 5. The van der Waals surface area contributed by atoms with Crippen LogP contribution in [0.2, 0.25) is 0 Å². The number of nitrogens with one attached hydrogen (secondary N) is 1. The molecule has 2 fully saturated rings. The molecule has 1 amide bonds. The van der Waals surface area contributed by atoms with E-state index in [2.05, 4.69) is 32.2 Å². The molecule has 4 nitrogen and oxygen atoms in total. The zero-order chi connectivity index (χ0) is 17.1. The van der Waals surface area contributed by atoms with Crippen molar-refractivity contribution in [1.29, 1.82) is 5.26 Å². The molecule has 1 unspecified atom stereocenters. The highest BCUT2D eigenvalue weighted by Crippen LogP contribution is 2.50. The van der Waals surface area contributed by atoms with Crippen LogP contribution < -0.4 is 5.32 Å². The number of carbonyl (C=O) groups excluding carboxylic acids is 1. The number of likely N-dealkylation sites (tertiary alicyclic amines) is 1. The van der Waals surface area contributed by atoms with E-state index in [-0.39, 0.29) is 29.8 Å². The highest BCUT2D eigenvalue weighted by molar-refractivity contribution is 5.79. The molecule has 130 valence electrons. The molecule has 1 N–H and O–H groups in total. The highest BCUT2D eigenvalue weighted by Gasteiger charge is 2.49. The molecule has 1 aliphatic heterocycles. The van der Waals surface area contributed by atoms with Gasteiger partial charge in [-0.25, -0.2) is 4.39 Å². The van der Waals surface area contributed by atoms with Crippen LogP contribution in [0.25, 0.3) is 0 Å². The summed E-state index contributed by atoms with van der Waals surface area (Å²) in [5, 5.41) is 12.7. The summed E-state index contributed by atoms with van der Waals surface area (Å²) in [6.07, 6.45) is 5.09. The molecule has 2 aliphatic rings. The minimum absolute atomic E-state index is 0.00202. The zero-order valence-electron chi connectivity index (χ0n) is 14.7. The van der Waals surface area contributed by atoms with Crippen LogP contribution in [0, 0.1) is 16.7 Å². The van der Waals surface area contributed by atoms with Gasteiger partial charge in [0.25, 0.3) is 0 Å². The average molecular weight is 323 g/mol. The van der Waals surface area contributed by atoms with Gasteiger partial charge in [-0.05, 0) is 37.5 Å². The lowest BCUT2D eigenvalue weighted by molar-refractivity contribution is -0.134. The molecule has 1 heterocycles. The third-order valence-electron chi connectivity index (χ3n) is 6.46. The van der Waals surface area contributed by atoms with Crippen molar-refractivity contribution in [2.75, 3.05) is 13.1 Å². The molecule has 5 heteroatoms. The number of hydrogen-bond donors (Lipinski definition) is 1. The molecular formula is C18H30FN3O. The molecule has 0 spiro atoms. The predicted molar refractivity (Wildman–Crippen MR) is 88.5 cm³/mol. The summed E-state index contributed by atoms with van der Waals surface area (Å²) in [6, 6.07) is 1.46. The van der Waals surface area contributed by atoms with Crippen molar-refractivity contribution < 1.29 is 9.18 Å². The number of amides is 1. The number of nitriles is 1. The largest absolute Gasteiger partial charge is 0.325 e. The van der Waals surface area contributed by atoms with E-state index in [0.29, 0.717) is 13.0 Å². The van der Waals surface area contributed by atoms with Crippen LogP contribution in [0.1, 0.15) is 65.7 Å². The summed E-state index contributed by atoms with van der Waals surface area (Å²) < 4.78 is 13.4. The van der Waals surface area contributed by atoms with Crippen molar-refractivity contribution in [3.8, 4) is 6.07 Å². The van der Waals surface area contributed by atoms with Crippen molar-refractivity contribution in [3.05, 3.63) is 0 Å². The molecule has 1 aliphatic carbocycles. The summed E-state index contributed by atoms with van der Waals surface area (Å²) in [5.41, 5.74) is 0.209. The van der Waals surface area contributed by atoms with Crippen molar-refractivity contribution in [2.45, 2.75) is 83.5 Å². The number of piperidine rings is 1. The van der Waals surface area contributed by atoms with Crippen LogP contribution in [-0.4, -0.2) is 41.6 Å². The molecule has 0 aromatic heterocycles. The minimum atomic E-state index is -0.961. The van der Waals surface area contributed by atoms with Gasteiger partial charge in [-0.15, -0.1) is 0 Å². The number of hydrogen-bond acceptors (Lipinski definition) is 3. The lowest BCUT2D eigenvalue weighted by Gasteiger charge is -2.44. The summed E-state index contributed by atoms with van der Waals surface area (Å²) in [7, 11) is 0. The summed E-state index contributed by atoms with van der Waals surface area (Å²) >= 11 is 0. The van der Waals surface area contributed by atoms with Gasteiger partial charge in [-0.1, -0.05) is 27.2 Å². The summed E-state index contributed by atoms with van der Waals surface area (Å²) in [6.45, 7) is 7.32. The zero-order valence-corrected chi connectivity index (χ0v) is 14.7. The Bertz CT molecular complexity index is 477. The maximum absolute atomic E-state index is 13.4. The van der Waals surface area contributed by atoms with Crippen LogP contribution in [0.3, 0.4) is 0 Å². The number of nitrogens with zero attached hydrogens (tertiary/aromatic N) is 2. The normalized spacial score (nSPS) is 37.6. The molecule has 23 heavy (non-hydrogen) atoms. The first kappa shape index (κ1) is 18.2. The standard InChI is InChI=1S/C18H30FN3O/c1-4-17(3)8-6-9-18(17,5-2)21-13-16(23)22-10-7-14(19)11-15(22)12-20/h14-15,21H,4-11,13H2,1-3H3/t14-,15+,17?,18+/m1/s1. The van der Waals surface area contributed by atoms with Gasteiger partial charge in [0.05, 0.1) is 12.6 Å². The van der Waals surface area contributed by atoms with Crippen LogP contribution in [0.15, 0.2) is 0 Å². The van der Waals surface area contributed by atoms with Crippen molar-refractivity contribution >= 4 is 5.91 Å². The van der Waals surface area contributed by atoms with Crippen molar-refractivity contribution in [3.63, 3.8) is 0 Å². The SMILES string of the molecule is CCC1(C)CCC[C@]1(CC)NCC(=O)N1CC[C@@H](F)C[C@H]1C#N. The number of carbonyl (C=O) groups is 1. The summed E-state index contributed by atoms with van der Waals surface area (Å²) in [5.74, 6) is -0.0679. The Balaban J connectivity index is 2.02. The molecule has 0 aromatic carbocycles. The first-order chi connectivity index (χ1) is 10.9. The van der Waals surface area contributed by atoms with Gasteiger partial charge in [0, 0.05) is 18.5 Å². The maximum atomic E-state index is 13.4. The van der Waals surface area contributed by atoms with Crippen LogP contribution >= 0.6 is 0 Å². The highest BCUT2D eigenvalue weighted by atomic mass is 19.1. The molecule has 4 atom stereocenters. The van der Waals surface area contributed by atoms with Gasteiger partial charge >= 0.3 is 0 Å². The third-order valence-corrected chi connectivity index (χ3v) is 6.46. The van der Waals surface area contributed by atoms with Crippen molar-refractivity contribution in [1.82, 2.24) is 10.2 Å². The summed E-state index contributed by atoms with van der Waals surface area (Å²) in [4.78, 5) is 14.1. The topological polar surface area (TPSA) is 56.1 Å². The van der Waals surface area contributed by atoms with Crippen LogP contribution in [-0.2, 0) is 4.79 Å². The fourth-order valence-electron chi connectivity index (χ4n) is 4.56. The van der Waals surface area contributed by atoms with E-state index in [1.807, 2.05) is 0 Å². The second kappa shape index (κ2) is 7.17. The van der Waals surface area contributed by atoms with E-state index in [0.717, 1.165) is 19.3 Å². The Hall–Kier alpha value is -1.15. The second-order valence-electron chi connectivity index (χ2n) is 7.41. The Labute approximate surface area is 139 Å². The quantitative estimate of drug-likeness (QED) is 0.845. The van der Waals surface area contributed by atoms with E-state index < -0.39 is 12.2 Å². The smallest absolute Gasteiger partial charge is 0.237 e. The first-order valence-electron chi connectivity index (χ1n) is 8.99. The Morgan fingerprint density at radius 1 is 1.39 bits per heavy atom. The lowest BCUT2D eigenvalue weighted by atomic mass is 9.70. The van der Waals surface area contributed by atoms with E-state index in [9.17, 15) is 14.4 Å². The molecule has 1 saturated carbocycles. The van der Waals surface area contributed by atoms with Crippen LogP contribution in [0.4, 0.5) is 4.39 Å². The van der Waals surface area contributed by atoms with Gasteiger partial charge in [0.2, 0.25) is 5.91 Å². The molecular weight excluding hydrogens is 293 g/mol. The fraction of sp³-hybridized carbons (Fsp3) is 0.889. The van der Waals surface area contributed by atoms with Gasteiger partial charge in [-0.3, -0.25) is 4.79 Å². The molecule has 1 saturated heterocycles. The average Bonchev–Trinajstić information content (AvgIpc) is 2.90. The molecule has 0 aromatic rings. The number of halogens is 1. The maximum Gasteiger partial charge on any atom is 0.237 e.